The van der Waals surface area contributed by atoms with Crippen LogP contribution in [-0.4, -0.2) is 69.6 Å². The molecule has 0 aromatic rings. The van der Waals surface area contributed by atoms with Gasteiger partial charge in [0.15, 0.2) is 6.29 Å². The van der Waals surface area contributed by atoms with E-state index in [9.17, 15) is 25.2 Å². The van der Waals surface area contributed by atoms with E-state index in [1.165, 1.54) is 6.42 Å². The van der Waals surface area contributed by atoms with Crippen LogP contribution in [0.3, 0.4) is 0 Å². The van der Waals surface area contributed by atoms with Crippen molar-refractivity contribution in [1.29, 1.82) is 0 Å². The van der Waals surface area contributed by atoms with Crippen LogP contribution in [-0.2, 0) is 14.3 Å². The summed E-state index contributed by atoms with van der Waals surface area (Å²) in [6, 6.07) is 0. The largest absolute Gasteiger partial charge is 0.394 e. The molecule has 12 atom stereocenters. The minimum absolute atomic E-state index is 0.0759. The first-order chi connectivity index (χ1) is 15.2. The zero-order chi connectivity index (χ0) is 22.8. The Morgan fingerprint density at radius 1 is 0.969 bits per heavy atom. The Bertz CT molecular complexity index is 727. The van der Waals surface area contributed by atoms with Gasteiger partial charge >= 0.3 is 0 Å². The molecule has 0 spiro atoms. The van der Waals surface area contributed by atoms with Gasteiger partial charge in [-0.05, 0) is 80.5 Å². The normalized spacial score (nSPS) is 55.8. The molecule has 5 rings (SSSR count). The molecule has 0 aromatic heterocycles. The first-order valence-electron chi connectivity index (χ1n) is 12.7. The van der Waals surface area contributed by atoms with E-state index in [-0.39, 0.29) is 16.9 Å². The summed E-state index contributed by atoms with van der Waals surface area (Å²) in [6.45, 7) is 4.24. The van der Waals surface area contributed by atoms with Crippen LogP contribution >= 0.6 is 0 Å². The molecule has 1 heterocycles. The van der Waals surface area contributed by atoms with Crippen molar-refractivity contribution in [2.45, 2.75) is 108 Å². The molecule has 1 aliphatic heterocycles. The smallest absolute Gasteiger partial charge is 0.186 e. The first kappa shape index (κ1) is 23.2. The Balaban J connectivity index is 1.26. The number of ether oxygens (including phenoxy) is 2. The number of aliphatic hydroxyl groups excluding tert-OH is 4. The number of ketones is 1. The van der Waals surface area contributed by atoms with Crippen LogP contribution in [0.25, 0.3) is 0 Å². The number of Topliss-reactive ketones (excluding diaryl/α,β-unsaturated/α-hetero) is 1. The van der Waals surface area contributed by atoms with E-state index in [1.807, 2.05) is 0 Å². The fourth-order valence-electron chi connectivity index (χ4n) is 8.48. The fraction of sp³-hybridized carbons (Fsp3) is 0.960. The number of carbonyl (C=O) groups is 1. The summed E-state index contributed by atoms with van der Waals surface area (Å²) in [5.41, 5.74) is 0.166. The van der Waals surface area contributed by atoms with Gasteiger partial charge in [0.05, 0.1) is 12.7 Å². The number of fused-ring (bicyclic) bond motifs is 5. The summed E-state index contributed by atoms with van der Waals surface area (Å²) in [5, 5.41) is 39.9. The van der Waals surface area contributed by atoms with Crippen LogP contribution in [0.2, 0.25) is 0 Å². The predicted molar refractivity (Wildman–Crippen MR) is 115 cm³/mol. The lowest BCUT2D eigenvalue weighted by molar-refractivity contribution is -0.316. The lowest BCUT2D eigenvalue weighted by Gasteiger charge is -2.60. The highest BCUT2D eigenvalue weighted by molar-refractivity contribution is 5.87. The van der Waals surface area contributed by atoms with Crippen LogP contribution in [0, 0.1) is 34.5 Å². The topological polar surface area (TPSA) is 116 Å². The standard InChI is InChI=1S/C25H40O7/c1-24-9-7-14(31-23-22(30)21(29)20(28)18(12-26)32-23)11-13(24)3-4-15-16-5-6-19(27)25(16,2)10-8-17(15)24/h13-18,20-23,26,28-30H,3-12H2,1-2H3/t13?,14-,15-,16-,17-,18+,20+,21-,22+,23?,24-,25-/m0/s1. The molecule has 182 valence electrons. The molecule has 0 bridgehead atoms. The van der Waals surface area contributed by atoms with Crippen molar-refractivity contribution < 1.29 is 34.7 Å². The van der Waals surface area contributed by atoms with Crippen molar-refractivity contribution in [3.8, 4) is 0 Å². The molecule has 4 N–H and O–H groups in total. The third-order valence-corrected chi connectivity index (χ3v) is 10.5. The van der Waals surface area contributed by atoms with Crippen LogP contribution in [0.5, 0.6) is 0 Å². The number of hydrogen-bond donors (Lipinski definition) is 4. The number of rotatable bonds is 3. The number of aliphatic hydroxyl groups is 4. The van der Waals surface area contributed by atoms with Gasteiger partial charge in [0.2, 0.25) is 0 Å². The molecule has 0 aromatic carbocycles. The molecular weight excluding hydrogens is 412 g/mol. The lowest BCUT2D eigenvalue weighted by atomic mass is 9.45. The molecule has 5 aliphatic rings. The molecule has 7 nitrogen and oxygen atoms in total. The van der Waals surface area contributed by atoms with Crippen LogP contribution in [0.15, 0.2) is 0 Å². The Morgan fingerprint density at radius 2 is 1.75 bits per heavy atom. The summed E-state index contributed by atoms with van der Waals surface area (Å²) in [7, 11) is 0. The SMILES string of the molecule is C[C@]12CC[C@H](OC3O[C@H](CO)[C@@H](O)[C@H](O)[C@H]3O)CC1CC[C@@H]1[C@@H]2CC[C@]2(C)C(=O)CC[C@@H]12. The summed E-state index contributed by atoms with van der Waals surface area (Å²) >= 11 is 0. The Hall–Kier alpha value is -0.570. The van der Waals surface area contributed by atoms with Gasteiger partial charge in [0, 0.05) is 11.8 Å². The van der Waals surface area contributed by atoms with Gasteiger partial charge < -0.3 is 29.9 Å². The van der Waals surface area contributed by atoms with Crippen molar-refractivity contribution >= 4 is 5.78 Å². The second kappa shape index (κ2) is 8.28. The van der Waals surface area contributed by atoms with Gasteiger partial charge in [-0.2, -0.15) is 0 Å². The number of carbonyl (C=O) groups excluding carboxylic acids is 1. The Labute approximate surface area is 190 Å². The van der Waals surface area contributed by atoms with E-state index >= 15 is 0 Å². The second-order valence-electron chi connectivity index (χ2n) is 11.8. The molecule has 4 aliphatic carbocycles. The highest BCUT2D eigenvalue weighted by Gasteiger charge is 2.60. The van der Waals surface area contributed by atoms with Crippen LogP contribution in [0.4, 0.5) is 0 Å². The predicted octanol–water partition coefficient (Wildman–Crippen LogP) is 1.78. The van der Waals surface area contributed by atoms with E-state index in [1.54, 1.807) is 0 Å². The summed E-state index contributed by atoms with van der Waals surface area (Å²) in [5.74, 6) is 2.90. The van der Waals surface area contributed by atoms with Gasteiger partial charge in [-0.3, -0.25) is 4.79 Å². The third kappa shape index (κ3) is 3.42. The molecule has 1 saturated heterocycles. The monoisotopic (exact) mass is 452 g/mol. The van der Waals surface area contributed by atoms with Crippen molar-refractivity contribution in [3.63, 3.8) is 0 Å². The maximum absolute atomic E-state index is 12.6. The minimum Gasteiger partial charge on any atom is -0.394 e. The van der Waals surface area contributed by atoms with Crippen molar-refractivity contribution in [2.75, 3.05) is 6.61 Å². The van der Waals surface area contributed by atoms with Gasteiger partial charge in [0.1, 0.15) is 30.2 Å². The molecule has 32 heavy (non-hydrogen) atoms. The zero-order valence-corrected chi connectivity index (χ0v) is 19.4. The molecule has 4 saturated carbocycles. The zero-order valence-electron chi connectivity index (χ0n) is 19.4. The van der Waals surface area contributed by atoms with Crippen LogP contribution < -0.4 is 0 Å². The first-order valence-corrected chi connectivity index (χ1v) is 12.7. The van der Waals surface area contributed by atoms with Gasteiger partial charge in [0.25, 0.3) is 0 Å². The second-order valence-corrected chi connectivity index (χ2v) is 11.8. The number of hydrogen-bond acceptors (Lipinski definition) is 7. The van der Waals surface area contributed by atoms with Gasteiger partial charge in [-0.25, -0.2) is 0 Å². The van der Waals surface area contributed by atoms with E-state index < -0.39 is 37.3 Å². The highest BCUT2D eigenvalue weighted by atomic mass is 16.7. The van der Waals surface area contributed by atoms with Crippen molar-refractivity contribution in [2.24, 2.45) is 34.5 Å². The Morgan fingerprint density at radius 3 is 2.50 bits per heavy atom. The fourth-order valence-corrected chi connectivity index (χ4v) is 8.48. The minimum atomic E-state index is -1.40. The molecule has 2 unspecified atom stereocenters. The van der Waals surface area contributed by atoms with E-state index in [4.69, 9.17) is 9.47 Å². The van der Waals surface area contributed by atoms with Gasteiger partial charge in [-0.1, -0.05) is 13.8 Å². The van der Waals surface area contributed by atoms with Gasteiger partial charge in [-0.15, -0.1) is 0 Å². The quantitative estimate of drug-likeness (QED) is 0.482. The van der Waals surface area contributed by atoms with E-state index in [0.29, 0.717) is 29.5 Å². The van der Waals surface area contributed by atoms with Crippen LogP contribution in [0.1, 0.15) is 71.6 Å². The average Bonchev–Trinajstić information content (AvgIpc) is 3.09. The van der Waals surface area contributed by atoms with Crippen molar-refractivity contribution in [3.05, 3.63) is 0 Å². The molecular formula is C25H40O7. The van der Waals surface area contributed by atoms with E-state index in [0.717, 1.165) is 51.4 Å². The molecule has 5 fully saturated rings. The maximum Gasteiger partial charge on any atom is 0.186 e. The molecule has 7 heteroatoms. The summed E-state index contributed by atoms with van der Waals surface area (Å²) < 4.78 is 11.7. The Kier molecular flexibility index (Phi) is 6.00. The maximum atomic E-state index is 12.6. The average molecular weight is 453 g/mol. The van der Waals surface area contributed by atoms with Crippen molar-refractivity contribution in [1.82, 2.24) is 0 Å². The van der Waals surface area contributed by atoms with E-state index in [2.05, 4.69) is 13.8 Å². The molecule has 0 radical (unpaired) electrons. The third-order valence-electron chi connectivity index (χ3n) is 10.5. The lowest BCUT2D eigenvalue weighted by Crippen LogP contribution is -2.60. The molecule has 0 amide bonds. The highest BCUT2D eigenvalue weighted by Crippen LogP contribution is 2.65. The summed E-state index contributed by atoms with van der Waals surface area (Å²) in [6.07, 6.45) is 3.00. The summed E-state index contributed by atoms with van der Waals surface area (Å²) in [4.78, 5) is 12.6.